The normalized spacial score (nSPS) is 10.6. The minimum Gasteiger partial charge on any atom is -0.494 e. The average molecular weight is 323 g/mol. The van der Waals surface area contributed by atoms with Crippen LogP contribution in [0, 0.1) is 12.7 Å². The molecule has 4 heteroatoms. The zero-order valence-electron chi connectivity index (χ0n) is 13.6. The van der Waals surface area contributed by atoms with Crippen molar-refractivity contribution in [1.82, 2.24) is 4.57 Å². The van der Waals surface area contributed by atoms with E-state index < -0.39 is 0 Å². The van der Waals surface area contributed by atoms with Gasteiger partial charge in [0.25, 0.3) is 5.56 Å². The lowest BCUT2D eigenvalue weighted by Crippen LogP contribution is -2.17. The molecule has 3 aromatic rings. The van der Waals surface area contributed by atoms with Crippen molar-refractivity contribution in [3.63, 3.8) is 0 Å². The fraction of sp³-hybridized carbons (Fsp3) is 0.150. The van der Waals surface area contributed by atoms with Gasteiger partial charge in [0.2, 0.25) is 0 Å². The Labute approximate surface area is 140 Å². The van der Waals surface area contributed by atoms with E-state index in [2.05, 4.69) is 0 Å². The topological polar surface area (TPSA) is 31.2 Å². The second-order valence-electron chi connectivity index (χ2n) is 5.51. The van der Waals surface area contributed by atoms with Gasteiger partial charge >= 0.3 is 0 Å². The maximum atomic E-state index is 13.1. The lowest BCUT2D eigenvalue weighted by atomic mass is 10.1. The molecule has 0 fully saturated rings. The summed E-state index contributed by atoms with van der Waals surface area (Å²) in [5.74, 6) is 0.496. The number of pyridine rings is 1. The molecule has 0 aliphatic rings. The molecule has 0 saturated carbocycles. The number of hydrogen-bond donors (Lipinski definition) is 0. The minimum atomic E-state index is -0.283. The van der Waals surface area contributed by atoms with Crippen molar-refractivity contribution in [2.24, 2.45) is 0 Å². The number of benzene rings is 2. The number of nitrogens with zero attached hydrogens (tertiary/aromatic N) is 1. The van der Waals surface area contributed by atoms with Gasteiger partial charge in [-0.15, -0.1) is 0 Å². The number of aryl methyl sites for hydroxylation is 1. The zero-order valence-corrected chi connectivity index (χ0v) is 13.6. The minimum absolute atomic E-state index is 0.117. The summed E-state index contributed by atoms with van der Waals surface area (Å²) in [4.78, 5) is 12.3. The highest BCUT2D eigenvalue weighted by molar-refractivity contribution is 5.63. The Morgan fingerprint density at radius 1 is 1.00 bits per heavy atom. The van der Waals surface area contributed by atoms with Gasteiger partial charge in [-0.1, -0.05) is 12.1 Å². The molecule has 2 aromatic carbocycles. The molecule has 0 saturated heterocycles. The van der Waals surface area contributed by atoms with Crippen LogP contribution in [0.4, 0.5) is 4.39 Å². The average Bonchev–Trinajstić information content (AvgIpc) is 2.57. The van der Waals surface area contributed by atoms with Gasteiger partial charge in [0.05, 0.1) is 12.3 Å². The number of hydrogen-bond acceptors (Lipinski definition) is 2. The standard InChI is InChI=1S/C20H18FNO2/c1-3-24-18-9-10-19(14(2)12-18)22-13-16(6-11-20(22)23)15-4-7-17(21)8-5-15/h4-13H,3H2,1-2H3. The first kappa shape index (κ1) is 16.0. The van der Waals surface area contributed by atoms with E-state index in [0.29, 0.717) is 6.61 Å². The van der Waals surface area contributed by atoms with Crippen LogP contribution in [0.2, 0.25) is 0 Å². The summed E-state index contributed by atoms with van der Waals surface area (Å²) >= 11 is 0. The molecule has 0 unspecified atom stereocenters. The second-order valence-corrected chi connectivity index (χ2v) is 5.51. The van der Waals surface area contributed by atoms with Crippen LogP contribution in [0.1, 0.15) is 12.5 Å². The molecular formula is C20H18FNO2. The number of ether oxygens (including phenoxy) is 1. The molecule has 3 nitrogen and oxygen atoms in total. The Morgan fingerprint density at radius 2 is 1.71 bits per heavy atom. The molecule has 3 rings (SSSR count). The zero-order chi connectivity index (χ0) is 17.1. The van der Waals surface area contributed by atoms with Crippen molar-refractivity contribution >= 4 is 0 Å². The van der Waals surface area contributed by atoms with Crippen LogP contribution in [0.25, 0.3) is 16.8 Å². The highest BCUT2D eigenvalue weighted by Gasteiger charge is 2.07. The summed E-state index contributed by atoms with van der Waals surface area (Å²) in [5, 5.41) is 0. The lowest BCUT2D eigenvalue weighted by molar-refractivity contribution is 0.340. The highest BCUT2D eigenvalue weighted by Crippen LogP contribution is 2.23. The first-order chi connectivity index (χ1) is 11.6. The van der Waals surface area contributed by atoms with E-state index in [4.69, 9.17) is 4.74 Å². The first-order valence-electron chi connectivity index (χ1n) is 7.81. The van der Waals surface area contributed by atoms with Gasteiger partial charge in [0.15, 0.2) is 0 Å². The summed E-state index contributed by atoms with van der Waals surface area (Å²) in [5.41, 5.74) is 3.33. The van der Waals surface area contributed by atoms with E-state index in [0.717, 1.165) is 28.1 Å². The summed E-state index contributed by atoms with van der Waals surface area (Å²) in [6.45, 7) is 4.47. The van der Waals surface area contributed by atoms with Crippen LogP contribution in [-0.4, -0.2) is 11.2 Å². The third-order valence-electron chi connectivity index (χ3n) is 3.83. The third-order valence-corrected chi connectivity index (χ3v) is 3.83. The van der Waals surface area contributed by atoms with E-state index in [-0.39, 0.29) is 11.4 Å². The predicted octanol–water partition coefficient (Wildman–Crippen LogP) is 4.35. The van der Waals surface area contributed by atoms with Gasteiger partial charge in [-0.3, -0.25) is 9.36 Å². The molecule has 24 heavy (non-hydrogen) atoms. The highest BCUT2D eigenvalue weighted by atomic mass is 19.1. The fourth-order valence-electron chi connectivity index (χ4n) is 2.64. The molecule has 0 N–H and O–H groups in total. The molecule has 0 aliphatic heterocycles. The van der Waals surface area contributed by atoms with Crippen molar-refractivity contribution in [2.75, 3.05) is 6.61 Å². The van der Waals surface area contributed by atoms with Gasteiger partial charge in [-0.25, -0.2) is 4.39 Å². The molecule has 1 heterocycles. The maximum absolute atomic E-state index is 13.1. The van der Waals surface area contributed by atoms with E-state index in [1.54, 1.807) is 29.0 Å². The Morgan fingerprint density at radius 3 is 2.38 bits per heavy atom. The van der Waals surface area contributed by atoms with E-state index in [1.165, 1.54) is 18.2 Å². The SMILES string of the molecule is CCOc1ccc(-n2cc(-c3ccc(F)cc3)ccc2=O)c(C)c1. The van der Waals surface area contributed by atoms with Gasteiger partial charge in [-0.05, 0) is 66.9 Å². The van der Waals surface area contributed by atoms with Crippen LogP contribution in [0.15, 0.2) is 65.6 Å². The second kappa shape index (κ2) is 6.71. The van der Waals surface area contributed by atoms with E-state index in [1.807, 2.05) is 32.0 Å². The van der Waals surface area contributed by atoms with Crippen molar-refractivity contribution in [2.45, 2.75) is 13.8 Å². The summed E-state index contributed by atoms with van der Waals surface area (Å²) in [6, 6.07) is 15.1. The van der Waals surface area contributed by atoms with Crippen molar-refractivity contribution < 1.29 is 9.13 Å². The van der Waals surface area contributed by atoms with Gasteiger partial charge in [0, 0.05) is 12.3 Å². The van der Waals surface area contributed by atoms with Crippen molar-refractivity contribution in [1.29, 1.82) is 0 Å². The molecule has 122 valence electrons. The largest absolute Gasteiger partial charge is 0.494 e. The van der Waals surface area contributed by atoms with Crippen LogP contribution < -0.4 is 10.3 Å². The van der Waals surface area contributed by atoms with Crippen LogP contribution in [0.5, 0.6) is 5.75 Å². The summed E-state index contributed by atoms with van der Waals surface area (Å²) in [7, 11) is 0. The maximum Gasteiger partial charge on any atom is 0.255 e. The molecule has 0 aliphatic carbocycles. The molecule has 0 bridgehead atoms. The summed E-state index contributed by atoms with van der Waals surface area (Å²) < 4.78 is 20.2. The molecular weight excluding hydrogens is 305 g/mol. The molecule has 1 aromatic heterocycles. The Bertz CT molecular complexity index is 914. The molecule has 0 spiro atoms. The Balaban J connectivity index is 2.06. The van der Waals surface area contributed by atoms with Crippen LogP contribution in [0.3, 0.4) is 0 Å². The van der Waals surface area contributed by atoms with Crippen molar-refractivity contribution in [3.05, 3.63) is 82.5 Å². The monoisotopic (exact) mass is 323 g/mol. The predicted molar refractivity (Wildman–Crippen MR) is 93.3 cm³/mol. The number of halogens is 1. The molecule has 0 amide bonds. The fourth-order valence-corrected chi connectivity index (χ4v) is 2.64. The van der Waals surface area contributed by atoms with E-state index >= 15 is 0 Å². The van der Waals surface area contributed by atoms with Crippen LogP contribution >= 0.6 is 0 Å². The van der Waals surface area contributed by atoms with Crippen LogP contribution in [-0.2, 0) is 0 Å². The van der Waals surface area contributed by atoms with Crippen molar-refractivity contribution in [3.8, 4) is 22.6 Å². The van der Waals surface area contributed by atoms with Gasteiger partial charge in [-0.2, -0.15) is 0 Å². The Hall–Kier alpha value is -2.88. The molecule has 0 atom stereocenters. The molecule has 0 radical (unpaired) electrons. The Kier molecular flexibility index (Phi) is 4.47. The number of aromatic nitrogens is 1. The number of rotatable bonds is 4. The lowest BCUT2D eigenvalue weighted by Gasteiger charge is -2.13. The van der Waals surface area contributed by atoms with E-state index in [9.17, 15) is 9.18 Å². The quantitative estimate of drug-likeness (QED) is 0.715. The smallest absolute Gasteiger partial charge is 0.255 e. The third kappa shape index (κ3) is 3.23. The first-order valence-corrected chi connectivity index (χ1v) is 7.81. The van der Waals surface area contributed by atoms with Gasteiger partial charge < -0.3 is 4.74 Å². The summed E-state index contributed by atoms with van der Waals surface area (Å²) in [6.07, 6.45) is 1.78. The van der Waals surface area contributed by atoms with Gasteiger partial charge in [0.1, 0.15) is 11.6 Å².